The van der Waals surface area contributed by atoms with Gasteiger partial charge in [0.2, 0.25) is 5.91 Å². The van der Waals surface area contributed by atoms with Crippen molar-refractivity contribution in [2.75, 3.05) is 31.1 Å². The number of carbonyl (C=O) groups is 1. The van der Waals surface area contributed by atoms with Crippen LogP contribution in [0.5, 0.6) is 0 Å². The van der Waals surface area contributed by atoms with Gasteiger partial charge in [-0.15, -0.1) is 0 Å². The van der Waals surface area contributed by atoms with Gasteiger partial charge in [-0.25, -0.2) is 0 Å². The summed E-state index contributed by atoms with van der Waals surface area (Å²) in [7, 11) is 1.90. The number of halogens is 1. The first-order chi connectivity index (χ1) is 15.5. The van der Waals surface area contributed by atoms with Crippen LogP contribution in [0.4, 0.5) is 5.69 Å². The molecule has 0 radical (unpaired) electrons. The quantitative estimate of drug-likeness (QED) is 0.715. The highest BCUT2D eigenvalue weighted by atomic mass is 35.5. The van der Waals surface area contributed by atoms with Crippen LogP contribution in [-0.2, 0) is 18.3 Å². The van der Waals surface area contributed by atoms with Crippen molar-refractivity contribution >= 4 is 33.8 Å². The molecule has 0 aromatic carbocycles. The summed E-state index contributed by atoms with van der Waals surface area (Å²) in [6, 6.07) is 4.39. The molecule has 0 atom stereocenters. The van der Waals surface area contributed by atoms with Gasteiger partial charge in [-0.05, 0) is 37.3 Å². The number of fused-ring (bicyclic) bond motifs is 1. The van der Waals surface area contributed by atoms with E-state index in [1.165, 1.54) is 0 Å². The summed E-state index contributed by atoms with van der Waals surface area (Å²) in [6.45, 7) is 2.99. The summed E-state index contributed by atoms with van der Waals surface area (Å²) in [5, 5.41) is 14.1. The molecule has 0 bridgehead atoms. The van der Waals surface area contributed by atoms with E-state index in [0.29, 0.717) is 19.5 Å². The van der Waals surface area contributed by atoms with E-state index in [2.05, 4.69) is 21.1 Å². The van der Waals surface area contributed by atoms with Gasteiger partial charge >= 0.3 is 0 Å². The first-order valence-electron chi connectivity index (χ1n) is 11.3. The summed E-state index contributed by atoms with van der Waals surface area (Å²) < 4.78 is 1.78. The van der Waals surface area contributed by atoms with Crippen LogP contribution >= 0.6 is 11.6 Å². The number of carbonyl (C=O) groups excluding carboxylic acids is 1. The van der Waals surface area contributed by atoms with Crippen molar-refractivity contribution in [3.05, 3.63) is 41.5 Å². The number of aryl methyl sites for hydroxylation is 1. The van der Waals surface area contributed by atoms with Gasteiger partial charge in [0.05, 0.1) is 23.0 Å². The number of rotatable bonds is 3. The van der Waals surface area contributed by atoms with Crippen LogP contribution in [0.1, 0.15) is 42.5 Å². The number of hydrogen-bond acceptors (Lipinski definition) is 5. The summed E-state index contributed by atoms with van der Waals surface area (Å²) in [5.41, 5.74) is 5.21. The van der Waals surface area contributed by atoms with E-state index in [4.69, 9.17) is 16.9 Å². The van der Waals surface area contributed by atoms with E-state index in [1.807, 2.05) is 36.6 Å². The number of nitrogens with zero attached hydrogens (tertiary/aromatic N) is 6. The van der Waals surface area contributed by atoms with Crippen LogP contribution < -0.4 is 4.90 Å². The SMILES string of the molecule is Cn1cc(C2=C(Cl)c3c(N4CCN(C(=O)C5CCC(C#N)CC5)CC4)ccnc3C2)cn1. The van der Waals surface area contributed by atoms with Crippen molar-refractivity contribution in [2.45, 2.75) is 32.1 Å². The topological polar surface area (TPSA) is 78.0 Å². The molecule has 1 amide bonds. The monoisotopic (exact) mass is 450 g/mol. The van der Waals surface area contributed by atoms with E-state index in [0.717, 1.165) is 71.9 Å². The first kappa shape index (κ1) is 21.0. The second-order valence-electron chi connectivity index (χ2n) is 9.01. The number of hydrogen-bond donors (Lipinski definition) is 0. The van der Waals surface area contributed by atoms with Crippen molar-refractivity contribution in [1.82, 2.24) is 19.7 Å². The number of piperazine rings is 1. The van der Waals surface area contributed by atoms with E-state index < -0.39 is 0 Å². The fourth-order valence-corrected chi connectivity index (χ4v) is 5.61. The molecule has 0 unspecified atom stereocenters. The first-order valence-corrected chi connectivity index (χ1v) is 11.7. The predicted molar refractivity (Wildman–Crippen MR) is 124 cm³/mol. The van der Waals surface area contributed by atoms with Crippen LogP contribution in [-0.4, -0.2) is 51.8 Å². The Morgan fingerprint density at radius 1 is 1.19 bits per heavy atom. The minimum Gasteiger partial charge on any atom is -0.367 e. The highest BCUT2D eigenvalue weighted by Crippen LogP contribution is 2.44. The van der Waals surface area contributed by atoms with E-state index in [-0.39, 0.29) is 17.7 Å². The molecule has 3 aliphatic rings. The molecule has 8 heteroatoms. The maximum Gasteiger partial charge on any atom is 0.225 e. The number of nitriles is 1. The third-order valence-electron chi connectivity index (χ3n) is 7.08. The van der Waals surface area contributed by atoms with Gasteiger partial charge in [-0.1, -0.05) is 11.6 Å². The largest absolute Gasteiger partial charge is 0.367 e. The number of aromatic nitrogens is 3. The van der Waals surface area contributed by atoms with Crippen molar-refractivity contribution in [3.8, 4) is 6.07 Å². The van der Waals surface area contributed by atoms with Gasteiger partial charge in [0.15, 0.2) is 0 Å². The lowest BCUT2D eigenvalue weighted by molar-refractivity contribution is -0.137. The molecule has 3 heterocycles. The zero-order chi connectivity index (χ0) is 22.2. The fourth-order valence-electron chi connectivity index (χ4n) is 5.23. The van der Waals surface area contributed by atoms with Crippen molar-refractivity contribution in [1.29, 1.82) is 5.26 Å². The Morgan fingerprint density at radius 2 is 1.94 bits per heavy atom. The van der Waals surface area contributed by atoms with Gasteiger partial charge < -0.3 is 9.80 Å². The Hall–Kier alpha value is -2.85. The molecule has 0 spiro atoms. The van der Waals surface area contributed by atoms with Crippen LogP contribution in [0.2, 0.25) is 0 Å². The molecule has 2 aromatic heterocycles. The summed E-state index contributed by atoms with van der Waals surface area (Å²) in [6.07, 6.45) is 9.77. The molecule has 2 aromatic rings. The molecule has 1 saturated carbocycles. The highest BCUT2D eigenvalue weighted by Gasteiger charge is 2.33. The molecule has 2 aliphatic carbocycles. The molecule has 1 saturated heterocycles. The molecule has 32 heavy (non-hydrogen) atoms. The van der Waals surface area contributed by atoms with Gasteiger partial charge in [0.25, 0.3) is 0 Å². The highest BCUT2D eigenvalue weighted by molar-refractivity contribution is 6.54. The van der Waals surface area contributed by atoms with Crippen LogP contribution in [0.25, 0.3) is 10.6 Å². The maximum atomic E-state index is 13.0. The van der Waals surface area contributed by atoms with Crippen LogP contribution in [0.3, 0.4) is 0 Å². The number of allylic oxidation sites excluding steroid dienone is 1. The average molecular weight is 451 g/mol. The molecule has 166 valence electrons. The number of amides is 1. The lowest BCUT2D eigenvalue weighted by atomic mass is 9.82. The van der Waals surface area contributed by atoms with Gasteiger partial charge in [0.1, 0.15) is 0 Å². The third-order valence-corrected chi connectivity index (χ3v) is 7.50. The van der Waals surface area contributed by atoms with Crippen LogP contribution in [0, 0.1) is 23.2 Å². The Balaban J connectivity index is 1.29. The minimum atomic E-state index is 0.0794. The normalized spacial score (nSPS) is 23.3. The zero-order valence-corrected chi connectivity index (χ0v) is 19.1. The molecule has 1 aliphatic heterocycles. The molecule has 2 fully saturated rings. The molecule has 5 rings (SSSR count). The zero-order valence-electron chi connectivity index (χ0n) is 18.3. The van der Waals surface area contributed by atoms with E-state index in [9.17, 15) is 4.79 Å². The Morgan fingerprint density at radius 3 is 2.59 bits per heavy atom. The molecule has 7 nitrogen and oxygen atoms in total. The number of anilines is 1. The van der Waals surface area contributed by atoms with Crippen molar-refractivity contribution < 1.29 is 4.79 Å². The second kappa shape index (κ2) is 8.59. The van der Waals surface area contributed by atoms with Crippen molar-refractivity contribution in [3.63, 3.8) is 0 Å². The predicted octanol–water partition coefficient (Wildman–Crippen LogP) is 3.46. The molecular weight excluding hydrogens is 424 g/mol. The lowest BCUT2D eigenvalue weighted by Gasteiger charge is -2.39. The Labute approximate surface area is 193 Å². The number of pyridine rings is 1. The third kappa shape index (κ3) is 3.77. The lowest BCUT2D eigenvalue weighted by Crippen LogP contribution is -2.51. The molecular formula is C24H27ClN6O. The van der Waals surface area contributed by atoms with Crippen LogP contribution in [0.15, 0.2) is 24.7 Å². The minimum absolute atomic E-state index is 0.0794. The maximum absolute atomic E-state index is 13.0. The van der Waals surface area contributed by atoms with Gasteiger partial charge in [-0.2, -0.15) is 10.4 Å². The average Bonchev–Trinajstić information content (AvgIpc) is 3.41. The van der Waals surface area contributed by atoms with E-state index >= 15 is 0 Å². The standard InChI is InChI=1S/C24H27ClN6O/c1-29-15-18(14-28-29)19-12-20-22(23(19)25)21(6-7-27-20)30-8-10-31(11-9-30)24(32)17-4-2-16(13-26)3-5-17/h6-7,14-17H,2-5,8-12H2,1H3. The smallest absolute Gasteiger partial charge is 0.225 e. The molecule has 0 N–H and O–H groups in total. The van der Waals surface area contributed by atoms with Gasteiger partial charge in [-0.3, -0.25) is 14.5 Å². The summed E-state index contributed by atoms with van der Waals surface area (Å²) >= 11 is 6.87. The second-order valence-corrected chi connectivity index (χ2v) is 9.39. The van der Waals surface area contributed by atoms with Gasteiger partial charge in [0, 0.05) is 80.7 Å². The Kier molecular flexibility index (Phi) is 5.64. The van der Waals surface area contributed by atoms with Crippen molar-refractivity contribution in [2.24, 2.45) is 18.9 Å². The fraction of sp³-hybridized carbons (Fsp3) is 0.500. The van der Waals surface area contributed by atoms with E-state index in [1.54, 1.807) is 4.68 Å². The summed E-state index contributed by atoms with van der Waals surface area (Å²) in [4.78, 5) is 21.9. The summed E-state index contributed by atoms with van der Waals surface area (Å²) in [5.74, 6) is 0.465. The Bertz CT molecular complexity index is 1100.